The van der Waals surface area contributed by atoms with Crippen molar-refractivity contribution < 1.29 is 28.6 Å². The highest BCUT2D eigenvalue weighted by Gasteiger charge is 2.35. The number of aliphatic hydroxyl groups is 1. The molecule has 1 aliphatic rings. The molecule has 0 fully saturated rings. The Morgan fingerprint density at radius 2 is 1.56 bits per heavy atom. The summed E-state index contributed by atoms with van der Waals surface area (Å²) in [6, 6.07) is 37.8. The molecule has 6 rings (SSSR count). The summed E-state index contributed by atoms with van der Waals surface area (Å²) < 4.78 is 26.6. The molecule has 268 valence electrons. The van der Waals surface area contributed by atoms with Crippen LogP contribution in [0.15, 0.2) is 127 Å². The lowest BCUT2D eigenvalue weighted by Gasteiger charge is -2.38. The van der Waals surface area contributed by atoms with E-state index in [1.165, 1.54) is 6.07 Å². The van der Waals surface area contributed by atoms with Crippen molar-refractivity contribution in [3.05, 3.63) is 155 Å². The van der Waals surface area contributed by atoms with E-state index in [1.54, 1.807) is 41.3 Å². The lowest BCUT2D eigenvalue weighted by atomic mass is 9.90. The number of carbonyl (C=O) groups is 2. The highest BCUT2D eigenvalue weighted by Crippen LogP contribution is 2.36. The van der Waals surface area contributed by atoms with Crippen LogP contribution >= 0.6 is 0 Å². The Morgan fingerprint density at radius 1 is 0.923 bits per heavy atom. The van der Waals surface area contributed by atoms with E-state index in [0.29, 0.717) is 42.4 Å². The molecule has 0 saturated heterocycles. The van der Waals surface area contributed by atoms with Gasteiger partial charge in [0, 0.05) is 25.6 Å². The Kier molecular flexibility index (Phi) is 11.6. The zero-order chi connectivity index (χ0) is 36.6. The number of ether oxygens (including phenoxy) is 2. The van der Waals surface area contributed by atoms with E-state index in [4.69, 9.17) is 9.47 Å². The average Bonchev–Trinajstić information content (AvgIpc) is 3.15. The Morgan fingerprint density at radius 3 is 2.19 bits per heavy atom. The monoisotopic (exact) mass is 701 g/mol. The van der Waals surface area contributed by atoms with E-state index < -0.39 is 17.8 Å². The number of carbonyl (C=O) groups excluding carboxylic acids is 2. The molecule has 9 heteroatoms. The van der Waals surface area contributed by atoms with Crippen LogP contribution in [0.25, 0.3) is 0 Å². The number of nitrogens with zero attached hydrogens (tertiary/aromatic N) is 2. The van der Waals surface area contributed by atoms with E-state index in [0.717, 1.165) is 16.7 Å². The molecule has 1 heterocycles. The number of likely N-dealkylation sites (N-methyl/N-ethyl adjacent to an activating group) is 1. The van der Waals surface area contributed by atoms with Gasteiger partial charge >= 0.3 is 0 Å². The molecule has 0 radical (unpaired) electrons. The van der Waals surface area contributed by atoms with Gasteiger partial charge in [-0.15, -0.1) is 0 Å². The first-order chi connectivity index (χ1) is 25.2. The van der Waals surface area contributed by atoms with Crippen molar-refractivity contribution in [2.75, 3.05) is 32.1 Å². The molecule has 8 nitrogen and oxygen atoms in total. The Labute approximate surface area is 304 Å². The van der Waals surface area contributed by atoms with Crippen LogP contribution in [0, 0.1) is 11.7 Å². The number of halogens is 1. The number of nitrogens with one attached hydrogen (secondary N) is 1. The van der Waals surface area contributed by atoms with Gasteiger partial charge in [-0.25, -0.2) is 4.39 Å². The molecular formula is C43H44FN3O5. The van der Waals surface area contributed by atoms with Gasteiger partial charge in [-0.2, -0.15) is 0 Å². The summed E-state index contributed by atoms with van der Waals surface area (Å²) in [4.78, 5) is 32.1. The fourth-order valence-corrected chi connectivity index (χ4v) is 6.55. The molecule has 0 unspecified atom stereocenters. The van der Waals surface area contributed by atoms with Crippen LogP contribution in [0.3, 0.4) is 0 Å². The summed E-state index contributed by atoms with van der Waals surface area (Å²) in [7, 11) is 2.00. The van der Waals surface area contributed by atoms with Crippen molar-refractivity contribution in [1.82, 2.24) is 9.80 Å². The highest BCUT2D eigenvalue weighted by atomic mass is 19.1. The Balaban J connectivity index is 1.26. The van der Waals surface area contributed by atoms with Crippen molar-refractivity contribution in [3.63, 3.8) is 0 Å². The van der Waals surface area contributed by atoms with Gasteiger partial charge in [-0.05, 0) is 67.1 Å². The van der Waals surface area contributed by atoms with Gasteiger partial charge in [-0.3, -0.25) is 14.5 Å². The number of amides is 2. The summed E-state index contributed by atoms with van der Waals surface area (Å²) in [6.07, 6.45) is -0.383. The van der Waals surface area contributed by atoms with Crippen LogP contribution < -0.4 is 14.8 Å². The normalized spacial score (nSPS) is 16.4. The van der Waals surface area contributed by atoms with Crippen LogP contribution in [-0.4, -0.2) is 65.6 Å². The summed E-state index contributed by atoms with van der Waals surface area (Å²) in [5.41, 5.74) is 3.42. The second-order valence-electron chi connectivity index (χ2n) is 13.4. The fourth-order valence-electron chi connectivity index (χ4n) is 6.55. The fraction of sp³-hybridized carbons (Fsp3) is 0.256. The second kappa shape index (κ2) is 16.7. The lowest BCUT2D eigenvalue weighted by molar-refractivity contribution is -0.116. The van der Waals surface area contributed by atoms with Crippen molar-refractivity contribution in [1.29, 1.82) is 0 Å². The summed E-state index contributed by atoms with van der Waals surface area (Å²) in [6.45, 7) is 5.13. The van der Waals surface area contributed by atoms with Crippen LogP contribution in [0.4, 0.5) is 10.1 Å². The maximum absolute atomic E-state index is 14.2. The lowest BCUT2D eigenvalue weighted by Crippen LogP contribution is -2.49. The number of benzene rings is 5. The molecule has 0 aromatic heterocycles. The molecule has 0 bridgehead atoms. The minimum absolute atomic E-state index is 0.129. The van der Waals surface area contributed by atoms with E-state index >= 15 is 0 Å². The zero-order valence-corrected chi connectivity index (χ0v) is 29.6. The number of hydrogen-bond donors (Lipinski definition) is 2. The highest BCUT2D eigenvalue weighted by molar-refractivity contribution is 6.03. The number of para-hydroxylation sites is 2. The predicted molar refractivity (Wildman–Crippen MR) is 200 cm³/mol. The molecule has 0 aliphatic carbocycles. The molecule has 0 saturated carbocycles. The largest absolute Gasteiger partial charge is 0.486 e. The van der Waals surface area contributed by atoms with Gasteiger partial charge in [0.1, 0.15) is 11.9 Å². The molecule has 5 aromatic carbocycles. The second-order valence-corrected chi connectivity index (χ2v) is 13.4. The molecule has 5 aromatic rings. The molecule has 52 heavy (non-hydrogen) atoms. The molecular weight excluding hydrogens is 657 g/mol. The van der Waals surface area contributed by atoms with Crippen molar-refractivity contribution in [2.24, 2.45) is 5.92 Å². The van der Waals surface area contributed by atoms with Crippen LogP contribution in [0.5, 0.6) is 17.2 Å². The van der Waals surface area contributed by atoms with Gasteiger partial charge in [-0.1, -0.05) is 97.9 Å². The van der Waals surface area contributed by atoms with E-state index in [1.807, 2.05) is 106 Å². The molecule has 3 atom stereocenters. The number of hydrogen-bond acceptors (Lipinski definition) is 6. The first-order valence-corrected chi connectivity index (χ1v) is 17.5. The van der Waals surface area contributed by atoms with Crippen LogP contribution in [-0.2, 0) is 11.3 Å². The topological polar surface area (TPSA) is 91.3 Å². The number of fused-ring (bicyclic) bond motifs is 1. The minimum atomic E-state index is -0.599. The van der Waals surface area contributed by atoms with Gasteiger partial charge in [0.2, 0.25) is 5.91 Å². The molecule has 0 spiro atoms. The SMILES string of the molecule is C[C@@H]1CN([C@@H](C)CO)C(=O)c2cccc(NC(=O)C(c3ccccc3)c3ccccc3)c2O[C@@H]1CN(C)Cc1ccc(Oc2ccccc2F)cc1. The first kappa shape index (κ1) is 36.3. The third-order valence-electron chi connectivity index (χ3n) is 9.41. The van der Waals surface area contributed by atoms with Gasteiger partial charge in [0.05, 0.1) is 29.8 Å². The maximum atomic E-state index is 14.2. The summed E-state index contributed by atoms with van der Waals surface area (Å²) in [5.74, 6) is -0.685. The van der Waals surface area contributed by atoms with E-state index in [2.05, 4.69) is 10.2 Å². The molecule has 2 amide bonds. The standard InChI is InChI=1S/C43H44FN3O5/c1-29-25-47(30(2)28-48)43(50)35-17-12-19-37(45-42(49)40(32-13-6-4-7-14-32)33-15-8-5-9-16-33)41(35)52-39(29)27-46(3)26-31-21-23-34(24-22-31)51-38-20-11-10-18-36(38)44/h4-24,29-30,39-40,48H,25-28H2,1-3H3,(H,45,49)/t29-,30+,39-/m1/s1. The molecule has 1 aliphatic heterocycles. The number of rotatable bonds is 12. The first-order valence-electron chi connectivity index (χ1n) is 17.5. The third kappa shape index (κ3) is 8.50. The van der Waals surface area contributed by atoms with Crippen molar-refractivity contribution >= 4 is 17.5 Å². The predicted octanol–water partition coefficient (Wildman–Crippen LogP) is 7.74. The summed E-state index contributed by atoms with van der Waals surface area (Å²) in [5, 5.41) is 13.2. The summed E-state index contributed by atoms with van der Waals surface area (Å²) >= 11 is 0. The van der Waals surface area contributed by atoms with Gasteiger partial charge in [0.25, 0.3) is 5.91 Å². The number of aliphatic hydroxyl groups excluding tert-OH is 1. The average molecular weight is 702 g/mol. The number of anilines is 1. The van der Waals surface area contributed by atoms with E-state index in [9.17, 15) is 19.1 Å². The van der Waals surface area contributed by atoms with Crippen LogP contribution in [0.2, 0.25) is 0 Å². The minimum Gasteiger partial charge on any atom is -0.486 e. The van der Waals surface area contributed by atoms with Crippen molar-refractivity contribution in [2.45, 2.75) is 38.5 Å². The smallest absolute Gasteiger partial charge is 0.258 e. The zero-order valence-electron chi connectivity index (χ0n) is 29.6. The Hall–Kier alpha value is -5.51. The Bertz CT molecular complexity index is 1920. The maximum Gasteiger partial charge on any atom is 0.258 e. The van der Waals surface area contributed by atoms with Crippen molar-refractivity contribution in [3.8, 4) is 17.2 Å². The van der Waals surface area contributed by atoms with Crippen LogP contribution in [0.1, 0.15) is 46.8 Å². The third-order valence-corrected chi connectivity index (χ3v) is 9.41. The molecule has 2 N–H and O–H groups in total. The van der Waals surface area contributed by atoms with Gasteiger partial charge < -0.3 is 24.8 Å². The van der Waals surface area contributed by atoms with E-state index in [-0.39, 0.29) is 36.2 Å². The quantitative estimate of drug-likeness (QED) is 0.138. The van der Waals surface area contributed by atoms with Gasteiger partial charge in [0.15, 0.2) is 17.3 Å².